The third-order valence-electron chi connectivity index (χ3n) is 23.7. The number of ketones is 1. The Balaban J connectivity index is 1.45. The molecule has 8 bridgehead atoms. The standard InChI is InChI=1S/C70H132O13Si5/c1-45-38-51-33-36-55-46(2)39-50(75-55)32-30-48(71)31-35-57(81-86(24,25)68(10,11)12)63-65(83-88(28,29)70(16,17)18)64(82-87(26,27)69(13,14)15)62-56(79-63)37-34-52(77-62)40-49(72)41-54-59(43-58(76-51)47(45)3)78-60(61(54)73-19)42-53(80-85(22,23)67(7,8)9)44-74-84(20,21)66(4,5)6/h31,35,45,48,50-65,71H,2-3,30,32-34,36-44H2,1,4-29H3/b35-31+/t45-,48?,50+,51+,52?,53+,54+,55?,56+,57+,58?,59+,60?,61-,62+,63+,64-,65-/m1/s1. The maximum absolute atomic E-state index is 15.4. The Morgan fingerprint density at radius 3 is 1.61 bits per heavy atom. The van der Waals surface area contributed by atoms with Crippen LogP contribution in [0.1, 0.15) is 188 Å². The summed E-state index contributed by atoms with van der Waals surface area (Å²) in [5.74, 6) is 0.0699. The Morgan fingerprint density at radius 2 is 1.06 bits per heavy atom. The van der Waals surface area contributed by atoms with Crippen molar-refractivity contribution in [1.29, 1.82) is 0 Å². The first-order valence-corrected chi connectivity index (χ1v) is 48.9. The zero-order valence-corrected chi connectivity index (χ0v) is 66.0. The quantitative estimate of drug-likeness (QED) is 0.131. The van der Waals surface area contributed by atoms with E-state index in [-0.39, 0.29) is 111 Å². The second-order valence-corrected chi connectivity index (χ2v) is 59.5. The van der Waals surface area contributed by atoms with Crippen LogP contribution in [0, 0.1) is 11.8 Å². The predicted octanol–water partition coefficient (Wildman–Crippen LogP) is 17.0. The highest BCUT2D eigenvalue weighted by Crippen LogP contribution is 2.50. The summed E-state index contributed by atoms with van der Waals surface area (Å²) in [6.07, 6.45) is 5.27. The second kappa shape index (κ2) is 28.7. The largest absolute Gasteiger partial charge is 0.414 e. The molecule has 0 saturated carbocycles. The van der Waals surface area contributed by atoms with E-state index in [1.54, 1.807) is 7.11 Å². The van der Waals surface area contributed by atoms with Gasteiger partial charge in [-0.05, 0) is 159 Å². The fourth-order valence-electron chi connectivity index (χ4n) is 12.5. The normalized spacial score (nSPS) is 35.4. The van der Waals surface area contributed by atoms with E-state index < -0.39 is 84.3 Å². The van der Waals surface area contributed by atoms with Gasteiger partial charge in [0.15, 0.2) is 41.6 Å². The van der Waals surface area contributed by atoms with Gasteiger partial charge in [-0.3, -0.25) is 4.79 Å². The number of aliphatic hydroxyl groups excluding tert-OH is 1. The number of rotatable bonds is 14. The fourth-order valence-corrected chi connectivity index (χ4v) is 18.8. The Bertz CT molecular complexity index is 2360. The molecule has 8 aliphatic rings. The topological polar surface area (TPSA) is 139 Å². The Hall–Kier alpha value is -0.506. The SMILES string of the molecule is C=C1C[C@@H]2CCC(O)/C=C/[C@H](O[Si](C)(C)C(C)(C)C)[C@@H]3O[C@H]4CCC(CC(=O)C[C@H]5[C@H](CC6O[C@@H](CCC1O2)C[C@@H](C)C6=C)OC(C[C@@H](CO[Si](C)(C)C(C)(C)C)O[Si](C)(C)C(C)(C)C)[C@@H]5OC)O[C@@H]4[C@@H](O[Si](C)(C)C(C)(C)C)[C@@H]3O[Si](C)(C)C(C)(C)C. The number of aliphatic hydroxyl groups is 1. The molecule has 0 aromatic rings. The first kappa shape index (κ1) is 76.5. The maximum Gasteiger partial charge on any atom is 0.193 e. The molecule has 13 nitrogen and oxygen atoms in total. The van der Waals surface area contributed by atoms with Gasteiger partial charge in [-0.25, -0.2) is 0 Å². The van der Waals surface area contributed by atoms with Crippen molar-refractivity contribution in [3.05, 3.63) is 36.5 Å². The molecule has 18 atom stereocenters. The van der Waals surface area contributed by atoms with Crippen LogP contribution in [0.25, 0.3) is 0 Å². The summed E-state index contributed by atoms with van der Waals surface area (Å²) in [6.45, 7) is 69.2. The van der Waals surface area contributed by atoms with Crippen LogP contribution in [0.4, 0.5) is 0 Å². The van der Waals surface area contributed by atoms with E-state index in [2.05, 4.69) is 195 Å². The lowest BCUT2D eigenvalue weighted by Crippen LogP contribution is -2.69. The molecular formula is C70H132O13Si5. The molecule has 5 unspecified atom stereocenters. The molecular weight excluding hydrogens is 1190 g/mol. The van der Waals surface area contributed by atoms with Gasteiger partial charge in [0, 0.05) is 38.7 Å². The van der Waals surface area contributed by atoms with Crippen molar-refractivity contribution in [1.82, 2.24) is 0 Å². The smallest absolute Gasteiger partial charge is 0.193 e. The highest BCUT2D eigenvalue weighted by molar-refractivity contribution is 6.76. The number of methoxy groups -OCH3 is 1. The number of fused-ring (bicyclic) bond motifs is 2. The van der Waals surface area contributed by atoms with Gasteiger partial charge < -0.3 is 55.7 Å². The molecule has 0 aromatic heterocycles. The van der Waals surface area contributed by atoms with Crippen LogP contribution in [0.3, 0.4) is 0 Å². The maximum atomic E-state index is 15.4. The van der Waals surface area contributed by atoms with E-state index in [0.29, 0.717) is 45.1 Å². The average molecular weight is 1320 g/mol. The van der Waals surface area contributed by atoms with Crippen LogP contribution < -0.4 is 0 Å². The van der Waals surface area contributed by atoms with E-state index in [1.807, 2.05) is 6.08 Å². The molecule has 0 aliphatic carbocycles. The molecule has 1 N–H and O–H groups in total. The van der Waals surface area contributed by atoms with Gasteiger partial charge in [-0.15, -0.1) is 0 Å². The number of Topliss-reactive ketones (excluding diaryl/α,β-unsaturated/α-hetero) is 1. The van der Waals surface area contributed by atoms with Gasteiger partial charge in [0.25, 0.3) is 0 Å². The number of ether oxygens (including phenoxy) is 6. The van der Waals surface area contributed by atoms with Crippen LogP contribution >= 0.6 is 0 Å². The zero-order valence-electron chi connectivity index (χ0n) is 61.0. The number of hydrogen-bond acceptors (Lipinski definition) is 13. The lowest BCUT2D eigenvalue weighted by Gasteiger charge is -2.56. The molecule has 0 aromatic carbocycles. The summed E-state index contributed by atoms with van der Waals surface area (Å²) in [7, 11) is -10.3. The van der Waals surface area contributed by atoms with Crippen LogP contribution in [-0.4, -0.2) is 164 Å². The number of hydrogen-bond donors (Lipinski definition) is 1. The van der Waals surface area contributed by atoms with Crippen molar-refractivity contribution in [3.8, 4) is 0 Å². The van der Waals surface area contributed by atoms with Gasteiger partial charge in [0.05, 0.1) is 79.9 Å². The molecule has 8 aliphatic heterocycles. The third-order valence-corrected chi connectivity index (χ3v) is 46.1. The number of carbonyl (C=O) groups is 1. The highest BCUT2D eigenvalue weighted by Gasteiger charge is 2.59. The minimum Gasteiger partial charge on any atom is -0.414 e. The fraction of sp³-hybridized carbons (Fsp3) is 0.900. The van der Waals surface area contributed by atoms with Crippen molar-refractivity contribution in [3.63, 3.8) is 0 Å². The van der Waals surface area contributed by atoms with Gasteiger partial charge in [0.1, 0.15) is 30.2 Å². The van der Waals surface area contributed by atoms with Crippen molar-refractivity contribution < 1.29 is 60.5 Å². The molecule has 18 heteroatoms. The van der Waals surface area contributed by atoms with E-state index in [4.69, 9.17) is 50.6 Å². The van der Waals surface area contributed by atoms with Gasteiger partial charge in [0.2, 0.25) is 0 Å². The van der Waals surface area contributed by atoms with Crippen LogP contribution in [0.5, 0.6) is 0 Å². The van der Waals surface area contributed by atoms with Crippen LogP contribution in [0.2, 0.25) is 90.7 Å². The molecule has 8 rings (SSSR count). The van der Waals surface area contributed by atoms with Crippen LogP contribution in [0.15, 0.2) is 36.5 Å². The molecule has 5 fully saturated rings. The second-order valence-electron chi connectivity index (χ2n) is 35.7. The minimum absolute atomic E-state index is 0.0128. The Kier molecular flexibility index (Phi) is 24.9. The first-order chi connectivity index (χ1) is 40.0. The minimum atomic E-state index is -2.58. The van der Waals surface area contributed by atoms with Crippen molar-refractivity contribution >= 4 is 47.4 Å². The van der Waals surface area contributed by atoms with E-state index in [9.17, 15) is 5.11 Å². The van der Waals surface area contributed by atoms with Gasteiger partial charge >= 0.3 is 0 Å². The summed E-state index contributed by atoms with van der Waals surface area (Å²) in [4.78, 5) is 15.4. The monoisotopic (exact) mass is 1320 g/mol. The molecule has 510 valence electrons. The van der Waals surface area contributed by atoms with E-state index >= 15 is 4.79 Å². The summed E-state index contributed by atoms with van der Waals surface area (Å²) in [6, 6.07) is 0. The Morgan fingerprint density at radius 1 is 0.545 bits per heavy atom. The molecule has 0 radical (unpaired) electrons. The third kappa shape index (κ3) is 18.7. The first-order valence-electron chi connectivity index (χ1n) is 34.4. The summed E-state index contributed by atoms with van der Waals surface area (Å²) >= 11 is 0. The molecule has 5 saturated heterocycles. The molecule has 8 heterocycles. The molecule has 0 amide bonds. The van der Waals surface area contributed by atoms with Gasteiger partial charge in [-0.1, -0.05) is 136 Å². The van der Waals surface area contributed by atoms with Crippen molar-refractivity contribution in [2.75, 3.05) is 13.7 Å². The average Bonchev–Trinajstić information content (AvgIpc) is 3.91. The lowest BCUT2D eigenvalue weighted by atomic mass is 9.81. The molecule has 88 heavy (non-hydrogen) atoms. The molecule has 0 spiro atoms. The zero-order chi connectivity index (χ0) is 66.5. The Labute approximate surface area is 543 Å². The lowest BCUT2D eigenvalue weighted by molar-refractivity contribution is -0.266. The summed E-state index contributed by atoms with van der Waals surface area (Å²) in [5.41, 5.74) is 2.17. The summed E-state index contributed by atoms with van der Waals surface area (Å²) < 4.78 is 80.5. The van der Waals surface area contributed by atoms with E-state index in [1.165, 1.54) is 0 Å². The van der Waals surface area contributed by atoms with Crippen molar-refractivity contribution in [2.24, 2.45) is 11.8 Å². The van der Waals surface area contributed by atoms with E-state index in [0.717, 1.165) is 36.8 Å². The predicted molar refractivity (Wildman–Crippen MR) is 372 cm³/mol. The van der Waals surface area contributed by atoms with Gasteiger partial charge in [-0.2, -0.15) is 0 Å². The highest BCUT2D eigenvalue weighted by atomic mass is 28.4. The van der Waals surface area contributed by atoms with Crippen molar-refractivity contribution in [2.45, 2.75) is 376 Å². The summed E-state index contributed by atoms with van der Waals surface area (Å²) in [5, 5.41) is 11.5. The number of carbonyl (C=O) groups excluding carboxylic acids is 1. The van der Waals surface area contributed by atoms with Crippen LogP contribution in [-0.2, 0) is 55.3 Å².